The molecule has 2 rings (SSSR count). The van der Waals surface area contributed by atoms with Crippen molar-refractivity contribution in [2.24, 2.45) is 0 Å². The standard InChI is InChI=1S/C16H14BrFO3/c1-2-20-16(19)13-4-3-5-15(14(13)10-17)21-12-8-6-11(18)7-9-12/h3-9H,2,10H2,1H3. The fraction of sp³-hybridized carbons (Fsp3) is 0.188. The molecule has 0 bridgehead atoms. The summed E-state index contributed by atoms with van der Waals surface area (Å²) in [6.45, 7) is 2.06. The van der Waals surface area contributed by atoms with Crippen molar-refractivity contribution in [2.75, 3.05) is 6.61 Å². The Morgan fingerprint density at radius 1 is 1.19 bits per heavy atom. The average molecular weight is 353 g/mol. The summed E-state index contributed by atoms with van der Waals surface area (Å²) in [4.78, 5) is 11.9. The molecular weight excluding hydrogens is 339 g/mol. The van der Waals surface area contributed by atoms with E-state index in [-0.39, 0.29) is 5.82 Å². The molecule has 2 aromatic rings. The van der Waals surface area contributed by atoms with Crippen LogP contribution in [0.1, 0.15) is 22.8 Å². The highest BCUT2D eigenvalue weighted by Gasteiger charge is 2.16. The molecule has 0 amide bonds. The number of rotatable bonds is 5. The first kappa shape index (κ1) is 15.5. The van der Waals surface area contributed by atoms with Crippen molar-refractivity contribution in [3.63, 3.8) is 0 Å². The molecule has 21 heavy (non-hydrogen) atoms. The van der Waals surface area contributed by atoms with E-state index in [0.29, 0.717) is 34.6 Å². The van der Waals surface area contributed by atoms with Crippen molar-refractivity contribution >= 4 is 21.9 Å². The lowest BCUT2D eigenvalue weighted by atomic mass is 10.1. The summed E-state index contributed by atoms with van der Waals surface area (Å²) < 4.78 is 23.6. The first-order valence-electron chi connectivity index (χ1n) is 6.44. The molecule has 0 aliphatic carbocycles. The lowest BCUT2D eigenvalue weighted by molar-refractivity contribution is 0.0525. The molecule has 0 N–H and O–H groups in total. The van der Waals surface area contributed by atoms with Gasteiger partial charge in [0, 0.05) is 10.9 Å². The molecule has 0 fully saturated rings. The summed E-state index contributed by atoms with van der Waals surface area (Å²) in [6, 6.07) is 10.9. The molecule has 0 saturated carbocycles. The van der Waals surface area contributed by atoms with Crippen molar-refractivity contribution in [3.05, 3.63) is 59.4 Å². The molecule has 0 aliphatic heterocycles. The normalized spacial score (nSPS) is 10.2. The maximum absolute atomic E-state index is 12.9. The Bertz CT molecular complexity index is 626. The van der Waals surface area contributed by atoms with Gasteiger partial charge in [-0.15, -0.1) is 0 Å². The van der Waals surface area contributed by atoms with Crippen LogP contribution >= 0.6 is 15.9 Å². The van der Waals surface area contributed by atoms with E-state index in [0.717, 1.165) is 0 Å². The Hall–Kier alpha value is -1.88. The maximum Gasteiger partial charge on any atom is 0.338 e. The van der Waals surface area contributed by atoms with E-state index >= 15 is 0 Å². The predicted molar refractivity (Wildman–Crippen MR) is 81.5 cm³/mol. The molecule has 0 radical (unpaired) electrons. The SMILES string of the molecule is CCOC(=O)c1cccc(Oc2ccc(F)cc2)c1CBr. The third-order valence-corrected chi connectivity index (χ3v) is 3.36. The van der Waals surface area contributed by atoms with Crippen LogP contribution in [0.2, 0.25) is 0 Å². The molecule has 110 valence electrons. The van der Waals surface area contributed by atoms with Gasteiger partial charge in [0.05, 0.1) is 12.2 Å². The van der Waals surface area contributed by atoms with Gasteiger partial charge in [-0.05, 0) is 43.3 Å². The van der Waals surface area contributed by atoms with Crippen molar-refractivity contribution in [2.45, 2.75) is 12.3 Å². The van der Waals surface area contributed by atoms with Crippen molar-refractivity contribution < 1.29 is 18.7 Å². The summed E-state index contributed by atoms with van der Waals surface area (Å²) in [5.41, 5.74) is 1.15. The molecule has 0 unspecified atom stereocenters. The lowest BCUT2D eigenvalue weighted by Gasteiger charge is -2.13. The maximum atomic E-state index is 12.9. The Balaban J connectivity index is 2.33. The van der Waals surface area contributed by atoms with Crippen LogP contribution in [0.5, 0.6) is 11.5 Å². The van der Waals surface area contributed by atoms with Gasteiger partial charge >= 0.3 is 5.97 Å². The molecule has 3 nitrogen and oxygen atoms in total. The fourth-order valence-corrected chi connectivity index (χ4v) is 2.41. The van der Waals surface area contributed by atoms with Crippen LogP contribution in [0, 0.1) is 5.82 Å². The molecule has 2 aromatic carbocycles. The fourth-order valence-electron chi connectivity index (χ4n) is 1.83. The molecule has 0 spiro atoms. The van der Waals surface area contributed by atoms with Crippen LogP contribution in [-0.2, 0) is 10.1 Å². The first-order valence-corrected chi connectivity index (χ1v) is 7.56. The van der Waals surface area contributed by atoms with Crippen LogP contribution in [0.25, 0.3) is 0 Å². The second kappa shape index (κ2) is 7.22. The number of alkyl halides is 1. The second-order valence-electron chi connectivity index (χ2n) is 4.19. The summed E-state index contributed by atoms with van der Waals surface area (Å²) >= 11 is 3.36. The summed E-state index contributed by atoms with van der Waals surface area (Å²) in [5, 5.41) is 0.443. The third kappa shape index (κ3) is 3.82. The largest absolute Gasteiger partial charge is 0.462 e. The van der Waals surface area contributed by atoms with Crippen LogP contribution < -0.4 is 4.74 Å². The monoisotopic (exact) mass is 352 g/mol. The number of halogens is 2. The topological polar surface area (TPSA) is 35.5 Å². The van der Waals surface area contributed by atoms with Gasteiger partial charge in [-0.25, -0.2) is 9.18 Å². The molecular formula is C16H14BrFO3. The third-order valence-electron chi connectivity index (χ3n) is 2.80. The average Bonchev–Trinajstić information content (AvgIpc) is 2.49. The molecule has 0 aliphatic rings. The highest BCUT2D eigenvalue weighted by atomic mass is 79.9. The van der Waals surface area contributed by atoms with E-state index in [1.807, 2.05) is 0 Å². The van der Waals surface area contributed by atoms with Crippen LogP contribution in [0.15, 0.2) is 42.5 Å². The van der Waals surface area contributed by atoms with E-state index in [1.54, 1.807) is 25.1 Å². The van der Waals surface area contributed by atoms with Gasteiger partial charge in [-0.2, -0.15) is 0 Å². The Morgan fingerprint density at radius 3 is 2.52 bits per heavy atom. The highest BCUT2D eigenvalue weighted by Crippen LogP contribution is 2.30. The van der Waals surface area contributed by atoms with Gasteiger partial charge < -0.3 is 9.47 Å². The minimum atomic E-state index is -0.392. The highest BCUT2D eigenvalue weighted by molar-refractivity contribution is 9.08. The van der Waals surface area contributed by atoms with Crippen LogP contribution in [-0.4, -0.2) is 12.6 Å². The van der Waals surface area contributed by atoms with E-state index in [9.17, 15) is 9.18 Å². The number of esters is 1. The number of ether oxygens (including phenoxy) is 2. The first-order chi connectivity index (χ1) is 10.2. The molecule has 0 aromatic heterocycles. The van der Waals surface area contributed by atoms with Gasteiger partial charge in [0.25, 0.3) is 0 Å². The summed E-state index contributed by atoms with van der Waals surface area (Å²) in [5.74, 6) is 0.309. The van der Waals surface area contributed by atoms with Crippen molar-refractivity contribution in [1.82, 2.24) is 0 Å². The Kier molecular flexibility index (Phi) is 5.33. The van der Waals surface area contributed by atoms with Gasteiger partial charge in [-0.1, -0.05) is 22.0 Å². The zero-order chi connectivity index (χ0) is 15.2. The molecule has 0 heterocycles. The quantitative estimate of drug-likeness (QED) is 0.578. The predicted octanol–water partition coefficient (Wildman–Crippen LogP) is 4.69. The summed E-state index contributed by atoms with van der Waals surface area (Å²) in [7, 11) is 0. The zero-order valence-electron chi connectivity index (χ0n) is 11.4. The van der Waals surface area contributed by atoms with Crippen molar-refractivity contribution in [1.29, 1.82) is 0 Å². The number of benzene rings is 2. The van der Waals surface area contributed by atoms with Gasteiger partial charge in [-0.3, -0.25) is 0 Å². The van der Waals surface area contributed by atoms with E-state index in [4.69, 9.17) is 9.47 Å². The number of hydrogen-bond acceptors (Lipinski definition) is 3. The van der Waals surface area contributed by atoms with E-state index in [1.165, 1.54) is 24.3 Å². The Labute approximate surface area is 130 Å². The van der Waals surface area contributed by atoms with Gasteiger partial charge in [0.15, 0.2) is 0 Å². The van der Waals surface area contributed by atoms with E-state index < -0.39 is 5.97 Å². The molecule has 0 saturated heterocycles. The number of carbonyl (C=O) groups is 1. The smallest absolute Gasteiger partial charge is 0.338 e. The van der Waals surface area contributed by atoms with Gasteiger partial charge in [0.2, 0.25) is 0 Å². The number of hydrogen-bond donors (Lipinski definition) is 0. The second-order valence-corrected chi connectivity index (χ2v) is 4.75. The minimum absolute atomic E-state index is 0.309. The molecule has 5 heteroatoms. The molecule has 0 atom stereocenters. The van der Waals surface area contributed by atoms with E-state index in [2.05, 4.69) is 15.9 Å². The minimum Gasteiger partial charge on any atom is -0.462 e. The van der Waals surface area contributed by atoms with Crippen LogP contribution in [0.3, 0.4) is 0 Å². The summed E-state index contributed by atoms with van der Waals surface area (Å²) in [6.07, 6.45) is 0. The van der Waals surface area contributed by atoms with Crippen LogP contribution in [0.4, 0.5) is 4.39 Å². The van der Waals surface area contributed by atoms with Gasteiger partial charge in [0.1, 0.15) is 17.3 Å². The van der Waals surface area contributed by atoms with Crippen molar-refractivity contribution in [3.8, 4) is 11.5 Å². The Morgan fingerprint density at radius 2 is 1.90 bits per heavy atom. The number of carbonyl (C=O) groups excluding carboxylic acids is 1. The zero-order valence-corrected chi connectivity index (χ0v) is 13.0. The lowest BCUT2D eigenvalue weighted by Crippen LogP contribution is -2.08.